The van der Waals surface area contributed by atoms with Crippen LogP contribution in [0.5, 0.6) is 0 Å². The van der Waals surface area contributed by atoms with E-state index < -0.39 is 0 Å². The molecule has 0 atom stereocenters. The second-order valence-electron chi connectivity index (χ2n) is 3.35. The van der Waals surface area contributed by atoms with Crippen LogP contribution in [0, 0.1) is 25.2 Å². The van der Waals surface area contributed by atoms with Gasteiger partial charge in [-0.2, -0.15) is 9.94 Å². The zero-order valence-corrected chi connectivity index (χ0v) is 9.52. The van der Waals surface area contributed by atoms with Crippen molar-refractivity contribution < 1.29 is 0 Å². The zero-order valence-electron chi connectivity index (χ0n) is 8.77. The van der Waals surface area contributed by atoms with Crippen LogP contribution in [0.4, 0.5) is 0 Å². The highest BCUT2D eigenvalue weighted by atomic mass is 35.5. The summed E-state index contributed by atoms with van der Waals surface area (Å²) in [4.78, 5) is 8.06. The van der Waals surface area contributed by atoms with Crippen molar-refractivity contribution in [1.29, 1.82) is 5.26 Å². The molecular weight excluding hydrogens is 226 g/mol. The number of nitrogens with zero attached hydrogens (tertiary/aromatic N) is 5. The largest absolute Gasteiger partial charge is 0.242 e. The third kappa shape index (κ3) is 1.75. The van der Waals surface area contributed by atoms with Crippen molar-refractivity contribution in [2.45, 2.75) is 13.8 Å². The number of aromatic nitrogens is 4. The predicted molar refractivity (Wildman–Crippen MR) is 58.4 cm³/mol. The minimum Gasteiger partial charge on any atom is -0.233 e. The van der Waals surface area contributed by atoms with Crippen LogP contribution >= 0.6 is 11.6 Å². The topological polar surface area (TPSA) is 67.4 Å². The van der Waals surface area contributed by atoms with Gasteiger partial charge < -0.3 is 0 Å². The van der Waals surface area contributed by atoms with Crippen molar-refractivity contribution in [2.24, 2.45) is 0 Å². The van der Waals surface area contributed by atoms with Crippen molar-refractivity contribution in [2.75, 3.05) is 0 Å². The molecule has 2 aromatic rings. The van der Waals surface area contributed by atoms with E-state index in [1.807, 2.05) is 19.9 Å². The van der Waals surface area contributed by atoms with Crippen LogP contribution in [0.15, 0.2) is 12.4 Å². The molecule has 0 spiro atoms. The second-order valence-corrected chi connectivity index (χ2v) is 3.69. The molecule has 0 saturated carbocycles. The molecule has 80 valence electrons. The SMILES string of the molecule is Cc1cc(C)c(C#N)c(-n2cnc(Cl)n2)n1. The molecule has 16 heavy (non-hydrogen) atoms. The number of hydrogen-bond acceptors (Lipinski definition) is 4. The monoisotopic (exact) mass is 233 g/mol. The summed E-state index contributed by atoms with van der Waals surface area (Å²) in [5, 5.41) is 13.1. The fourth-order valence-corrected chi connectivity index (χ4v) is 1.59. The lowest BCUT2D eigenvalue weighted by Gasteiger charge is -2.06. The Bertz CT molecular complexity index is 581. The summed E-state index contributed by atoms with van der Waals surface area (Å²) in [6, 6.07) is 3.95. The van der Waals surface area contributed by atoms with Crippen LogP contribution in [0.2, 0.25) is 5.28 Å². The summed E-state index contributed by atoms with van der Waals surface area (Å²) >= 11 is 5.63. The quantitative estimate of drug-likeness (QED) is 0.753. The molecule has 5 nitrogen and oxygen atoms in total. The Hall–Kier alpha value is -1.93. The number of rotatable bonds is 1. The van der Waals surface area contributed by atoms with Gasteiger partial charge in [0.05, 0.1) is 5.56 Å². The van der Waals surface area contributed by atoms with Gasteiger partial charge in [0.1, 0.15) is 12.4 Å². The number of nitriles is 1. The Labute approximate surface area is 97.3 Å². The molecule has 0 aliphatic carbocycles. The molecule has 0 N–H and O–H groups in total. The standard InChI is InChI=1S/C10H8ClN5/c1-6-3-7(2)14-9(8(6)4-12)16-5-13-10(11)15-16/h3,5H,1-2H3. The lowest BCUT2D eigenvalue weighted by atomic mass is 10.1. The van der Waals surface area contributed by atoms with E-state index in [-0.39, 0.29) is 5.28 Å². The molecular formula is C10H8ClN5. The summed E-state index contributed by atoms with van der Waals surface area (Å²) < 4.78 is 1.40. The Kier molecular flexibility index (Phi) is 2.59. The summed E-state index contributed by atoms with van der Waals surface area (Å²) in [5.41, 5.74) is 2.15. The van der Waals surface area contributed by atoms with Crippen LogP contribution < -0.4 is 0 Å². The highest BCUT2D eigenvalue weighted by Crippen LogP contribution is 2.16. The average molecular weight is 234 g/mol. The summed E-state index contributed by atoms with van der Waals surface area (Å²) in [6.07, 6.45) is 1.43. The number of pyridine rings is 1. The Morgan fingerprint density at radius 2 is 2.19 bits per heavy atom. The lowest BCUT2D eigenvalue weighted by molar-refractivity contribution is 0.833. The maximum atomic E-state index is 9.07. The fraction of sp³-hybridized carbons (Fsp3) is 0.200. The summed E-state index contributed by atoms with van der Waals surface area (Å²) in [5.74, 6) is 0.458. The van der Waals surface area contributed by atoms with Crippen LogP contribution in [0.3, 0.4) is 0 Å². The first kappa shape index (κ1) is 10.6. The van der Waals surface area contributed by atoms with Gasteiger partial charge in [-0.15, -0.1) is 5.10 Å². The van der Waals surface area contributed by atoms with E-state index in [1.165, 1.54) is 11.0 Å². The van der Waals surface area contributed by atoms with Gasteiger partial charge in [0.15, 0.2) is 5.82 Å². The highest BCUT2D eigenvalue weighted by Gasteiger charge is 2.11. The van der Waals surface area contributed by atoms with Gasteiger partial charge in [-0.05, 0) is 37.1 Å². The fourth-order valence-electron chi connectivity index (χ4n) is 1.47. The average Bonchev–Trinajstić information content (AvgIpc) is 2.63. The molecule has 2 rings (SSSR count). The molecule has 0 radical (unpaired) electrons. The van der Waals surface area contributed by atoms with Gasteiger partial charge in [0, 0.05) is 5.69 Å². The normalized spacial score (nSPS) is 10.1. The van der Waals surface area contributed by atoms with Crippen molar-refractivity contribution in [3.8, 4) is 11.9 Å². The van der Waals surface area contributed by atoms with Gasteiger partial charge in [-0.25, -0.2) is 9.97 Å². The van der Waals surface area contributed by atoms with Gasteiger partial charge in [-0.3, -0.25) is 0 Å². The molecule has 0 fully saturated rings. The number of hydrogen-bond donors (Lipinski definition) is 0. The van der Waals surface area contributed by atoms with Crippen molar-refractivity contribution in [3.05, 3.63) is 34.5 Å². The van der Waals surface area contributed by atoms with Crippen LogP contribution in [0.25, 0.3) is 5.82 Å². The second kappa shape index (κ2) is 3.91. The maximum absolute atomic E-state index is 9.07. The molecule has 0 aliphatic rings. The third-order valence-corrected chi connectivity index (χ3v) is 2.29. The van der Waals surface area contributed by atoms with E-state index in [9.17, 15) is 0 Å². The predicted octanol–water partition coefficient (Wildman–Crippen LogP) is 1.80. The lowest BCUT2D eigenvalue weighted by Crippen LogP contribution is -2.04. The van der Waals surface area contributed by atoms with Crippen molar-refractivity contribution >= 4 is 11.6 Å². The van der Waals surface area contributed by atoms with E-state index in [0.717, 1.165) is 11.3 Å². The van der Waals surface area contributed by atoms with Crippen LogP contribution in [-0.4, -0.2) is 19.7 Å². The maximum Gasteiger partial charge on any atom is 0.242 e. The van der Waals surface area contributed by atoms with E-state index in [4.69, 9.17) is 16.9 Å². The van der Waals surface area contributed by atoms with Gasteiger partial charge >= 0.3 is 0 Å². The minimum atomic E-state index is 0.129. The first-order valence-corrected chi connectivity index (χ1v) is 4.95. The molecule has 0 saturated heterocycles. The summed E-state index contributed by atoms with van der Waals surface area (Å²) in [7, 11) is 0. The van der Waals surface area contributed by atoms with E-state index in [0.29, 0.717) is 11.4 Å². The molecule has 2 heterocycles. The van der Waals surface area contributed by atoms with Crippen LogP contribution in [-0.2, 0) is 0 Å². The van der Waals surface area contributed by atoms with Crippen LogP contribution in [0.1, 0.15) is 16.8 Å². The molecule has 0 aliphatic heterocycles. The molecule has 6 heteroatoms. The number of halogens is 1. The molecule has 0 unspecified atom stereocenters. The van der Waals surface area contributed by atoms with Gasteiger partial charge in [0.2, 0.25) is 5.28 Å². The molecule has 0 bridgehead atoms. The molecule has 0 amide bonds. The Balaban J connectivity index is 2.69. The molecule has 0 aromatic carbocycles. The van der Waals surface area contributed by atoms with Gasteiger partial charge in [-0.1, -0.05) is 0 Å². The Morgan fingerprint density at radius 1 is 1.44 bits per heavy atom. The third-order valence-electron chi connectivity index (χ3n) is 2.12. The van der Waals surface area contributed by atoms with Crippen molar-refractivity contribution in [3.63, 3.8) is 0 Å². The highest BCUT2D eigenvalue weighted by molar-refractivity contribution is 6.28. The minimum absolute atomic E-state index is 0.129. The smallest absolute Gasteiger partial charge is 0.233 e. The first-order chi connectivity index (χ1) is 7.61. The van der Waals surface area contributed by atoms with E-state index in [1.54, 1.807) is 0 Å². The van der Waals surface area contributed by atoms with Crippen molar-refractivity contribution in [1.82, 2.24) is 19.7 Å². The number of aryl methyl sites for hydroxylation is 2. The van der Waals surface area contributed by atoms with E-state index >= 15 is 0 Å². The van der Waals surface area contributed by atoms with Gasteiger partial charge in [0.25, 0.3) is 0 Å². The summed E-state index contributed by atoms with van der Waals surface area (Å²) in [6.45, 7) is 3.71. The Morgan fingerprint density at radius 3 is 2.75 bits per heavy atom. The zero-order chi connectivity index (χ0) is 11.7. The first-order valence-electron chi connectivity index (χ1n) is 4.57. The molecule has 2 aromatic heterocycles. The van der Waals surface area contributed by atoms with E-state index in [2.05, 4.69) is 21.1 Å².